The molecule has 146 valence electrons. The molecule has 0 aromatic carbocycles. The van der Waals surface area contributed by atoms with Gasteiger partial charge in [0.05, 0.1) is 6.42 Å². The van der Waals surface area contributed by atoms with E-state index >= 15 is 0 Å². The molecular weight excluding hydrogens is 360 g/mol. The molecule has 10 heteroatoms. The van der Waals surface area contributed by atoms with Crippen molar-refractivity contribution in [1.29, 1.82) is 0 Å². The number of aromatic amines is 2. The van der Waals surface area contributed by atoms with Crippen LogP contribution in [-0.2, 0) is 17.8 Å². The quantitative estimate of drug-likeness (QED) is 0.670. The minimum absolute atomic E-state index is 0.0111. The van der Waals surface area contributed by atoms with Crippen LogP contribution in [0.2, 0.25) is 0 Å². The molecular formula is C18H22N8O2. The van der Waals surface area contributed by atoms with E-state index in [0.717, 1.165) is 24.2 Å². The fraction of sp³-hybridized carbons (Fsp3) is 0.444. The van der Waals surface area contributed by atoms with E-state index < -0.39 is 0 Å². The molecule has 1 aliphatic heterocycles. The third-order valence-electron chi connectivity index (χ3n) is 5.03. The molecule has 10 nitrogen and oxygen atoms in total. The number of carbonyl (C=O) groups is 1. The molecule has 4 rings (SSSR count). The van der Waals surface area contributed by atoms with Crippen molar-refractivity contribution in [3.05, 3.63) is 46.7 Å². The third kappa shape index (κ3) is 3.57. The molecule has 2 N–H and O–H groups in total. The first-order chi connectivity index (χ1) is 13.7. The summed E-state index contributed by atoms with van der Waals surface area (Å²) in [5.74, 6) is 1.85. The summed E-state index contributed by atoms with van der Waals surface area (Å²) >= 11 is 0. The number of carbonyl (C=O) groups excluding carboxylic acids is 1. The molecule has 0 saturated carbocycles. The van der Waals surface area contributed by atoms with Crippen LogP contribution in [0, 0.1) is 0 Å². The van der Waals surface area contributed by atoms with E-state index in [0.29, 0.717) is 31.3 Å². The average Bonchev–Trinajstić information content (AvgIpc) is 3.35. The SMILES string of the molecule is CCn1c(C2CCCN(C(=O)Cc3nc(-c4ccncc4)n[nH]3)C2)n[nH]c1=O. The van der Waals surface area contributed by atoms with E-state index in [1.807, 2.05) is 24.0 Å². The average molecular weight is 382 g/mol. The number of rotatable bonds is 5. The summed E-state index contributed by atoms with van der Waals surface area (Å²) in [5, 5.41) is 13.7. The van der Waals surface area contributed by atoms with Gasteiger partial charge in [0.25, 0.3) is 0 Å². The van der Waals surface area contributed by atoms with Gasteiger partial charge in [0.2, 0.25) is 5.91 Å². The first-order valence-corrected chi connectivity index (χ1v) is 9.40. The van der Waals surface area contributed by atoms with Gasteiger partial charge in [0.1, 0.15) is 11.6 Å². The van der Waals surface area contributed by atoms with Gasteiger partial charge in [-0.1, -0.05) is 0 Å². The van der Waals surface area contributed by atoms with Crippen molar-refractivity contribution in [3.8, 4) is 11.4 Å². The van der Waals surface area contributed by atoms with Crippen molar-refractivity contribution in [2.75, 3.05) is 13.1 Å². The minimum Gasteiger partial charge on any atom is -0.342 e. The number of likely N-dealkylation sites (tertiary alicyclic amines) is 1. The van der Waals surface area contributed by atoms with Crippen LogP contribution in [0.4, 0.5) is 0 Å². The van der Waals surface area contributed by atoms with Gasteiger partial charge in [0, 0.05) is 43.5 Å². The zero-order valence-corrected chi connectivity index (χ0v) is 15.6. The molecule has 1 saturated heterocycles. The van der Waals surface area contributed by atoms with Gasteiger partial charge in [0.15, 0.2) is 5.82 Å². The Morgan fingerprint density at radius 2 is 2.07 bits per heavy atom. The summed E-state index contributed by atoms with van der Waals surface area (Å²) in [6.07, 6.45) is 5.29. The molecule has 1 fully saturated rings. The van der Waals surface area contributed by atoms with Gasteiger partial charge in [-0.25, -0.2) is 14.9 Å². The molecule has 1 unspecified atom stereocenters. The number of piperidine rings is 1. The van der Waals surface area contributed by atoms with Crippen LogP contribution in [0.1, 0.15) is 37.3 Å². The highest BCUT2D eigenvalue weighted by molar-refractivity contribution is 5.78. The molecule has 1 aliphatic rings. The Balaban J connectivity index is 1.44. The topological polar surface area (TPSA) is 125 Å². The van der Waals surface area contributed by atoms with Crippen LogP contribution in [0.3, 0.4) is 0 Å². The second-order valence-corrected chi connectivity index (χ2v) is 6.83. The summed E-state index contributed by atoms with van der Waals surface area (Å²) in [6.45, 7) is 3.72. The molecule has 0 aliphatic carbocycles. The summed E-state index contributed by atoms with van der Waals surface area (Å²) in [5.41, 5.74) is 0.644. The predicted octanol–water partition coefficient (Wildman–Crippen LogP) is 0.720. The summed E-state index contributed by atoms with van der Waals surface area (Å²) < 4.78 is 1.64. The molecule has 0 spiro atoms. The van der Waals surface area contributed by atoms with Crippen molar-refractivity contribution in [1.82, 2.24) is 39.8 Å². The monoisotopic (exact) mass is 382 g/mol. The zero-order valence-electron chi connectivity index (χ0n) is 15.6. The number of H-pyrrole nitrogens is 2. The molecule has 0 bridgehead atoms. The lowest BCUT2D eigenvalue weighted by Crippen LogP contribution is -2.41. The number of nitrogens with one attached hydrogen (secondary N) is 2. The number of nitrogens with zero attached hydrogens (tertiary/aromatic N) is 6. The fourth-order valence-electron chi connectivity index (χ4n) is 3.62. The van der Waals surface area contributed by atoms with Crippen molar-refractivity contribution in [3.63, 3.8) is 0 Å². The van der Waals surface area contributed by atoms with Gasteiger partial charge >= 0.3 is 5.69 Å². The van der Waals surface area contributed by atoms with E-state index in [9.17, 15) is 9.59 Å². The molecule has 4 heterocycles. The Bertz CT molecular complexity index is 1010. The van der Waals surface area contributed by atoms with Gasteiger partial charge in [-0.05, 0) is 31.9 Å². The van der Waals surface area contributed by atoms with Crippen LogP contribution in [-0.4, -0.2) is 58.8 Å². The summed E-state index contributed by atoms with van der Waals surface area (Å²) in [4.78, 5) is 34.8. The van der Waals surface area contributed by atoms with Crippen molar-refractivity contribution in [2.45, 2.75) is 38.6 Å². The van der Waals surface area contributed by atoms with Gasteiger partial charge < -0.3 is 4.90 Å². The zero-order chi connectivity index (χ0) is 19.5. The number of amides is 1. The Morgan fingerprint density at radius 3 is 2.86 bits per heavy atom. The molecule has 3 aromatic rings. The lowest BCUT2D eigenvalue weighted by molar-refractivity contribution is -0.131. The van der Waals surface area contributed by atoms with Gasteiger partial charge in [-0.3, -0.25) is 19.4 Å². The largest absolute Gasteiger partial charge is 0.343 e. The van der Waals surface area contributed by atoms with Crippen molar-refractivity contribution >= 4 is 5.91 Å². The summed E-state index contributed by atoms with van der Waals surface area (Å²) in [6, 6.07) is 3.64. The molecule has 28 heavy (non-hydrogen) atoms. The minimum atomic E-state index is -0.203. The summed E-state index contributed by atoms with van der Waals surface area (Å²) in [7, 11) is 0. The van der Waals surface area contributed by atoms with E-state index in [2.05, 4.69) is 30.4 Å². The highest BCUT2D eigenvalue weighted by Gasteiger charge is 2.28. The van der Waals surface area contributed by atoms with E-state index in [-0.39, 0.29) is 23.9 Å². The normalized spacial score (nSPS) is 17.0. The molecule has 1 atom stereocenters. The molecule has 3 aromatic heterocycles. The number of hydrogen-bond acceptors (Lipinski definition) is 6. The lowest BCUT2D eigenvalue weighted by atomic mass is 9.97. The van der Waals surface area contributed by atoms with Gasteiger partial charge in [-0.2, -0.15) is 10.2 Å². The Kier molecular flexibility index (Phi) is 5.00. The Morgan fingerprint density at radius 1 is 1.25 bits per heavy atom. The fourth-order valence-corrected chi connectivity index (χ4v) is 3.62. The predicted molar refractivity (Wildman–Crippen MR) is 100 cm³/mol. The van der Waals surface area contributed by atoms with Crippen LogP contribution < -0.4 is 5.69 Å². The second kappa shape index (κ2) is 7.75. The molecule has 1 amide bonds. The number of pyridine rings is 1. The van der Waals surface area contributed by atoms with Crippen LogP contribution in [0.25, 0.3) is 11.4 Å². The maximum Gasteiger partial charge on any atom is 0.343 e. The van der Waals surface area contributed by atoms with Crippen LogP contribution in [0.15, 0.2) is 29.3 Å². The Labute approximate surface area is 161 Å². The maximum absolute atomic E-state index is 12.8. The number of aromatic nitrogens is 7. The van der Waals surface area contributed by atoms with Gasteiger partial charge in [-0.15, -0.1) is 0 Å². The standard InChI is InChI=1S/C18H22N8O2/c1-2-26-17(23-24-18(26)28)13-4-3-9-25(11-13)15(27)10-14-20-16(22-21-14)12-5-7-19-8-6-12/h5-8,13H,2-4,9-11H2,1H3,(H,24,28)(H,20,21,22). The highest BCUT2D eigenvalue weighted by Crippen LogP contribution is 2.25. The van der Waals surface area contributed by atoms with E-state index in [4.69, 9.17) is 0 Å². The third-order valence-corrected chi connectivity index (χ3v) is 5.03. The smallest absolute Gasteiger partial charge is 0.342 e. The first-order valence-electron chi connectivity index (χ1n) is 9.40. The van der Waals surface area contributed by atoms with Crippen LogP contribution in [0.5, 0.6) is 0 Å². The molecule has 0 radical (unpaired) electrons. The highest BCUT2D eigenvalue weighted by atomic mass is 16.2. The van der Waals surface area contributed by atoms with Crippen LogP contribution >= 0.6 is 0 Å². The maximum atomic E-state index is 12.8. The van der Waals surface area contributed by atoms with Crippen molar-refractivity contribution in [2.24, 2.45) is 0 Å². The first kappa shape index (κ1) is 18.1. The van der Waals surface area contributed by atoms with E-state index in [1.54, 1.807) is 17.0 Å². The second-order valence-electron chi connectivity index (χ2n) is 6.83. The lowest BCUT2D eigenvalue weighted by Gasteiger charge is -2.32. The van der Waals surface area contributed by atoms with Crippen molar-refractivity contribution < 1.29 is 4.79 Å². The Hall–Kier alpha value is -3.30. The van der Waals surface area contributed by atoms with E-state index in [1.165, 1.54) is 0 Å². The number of hydrogen-bond donors (Lipinski definition) is 2.